The van der Waals surface area contributed by atoms with E-state index in [1.807, 2.05) is 24.5 Å². The average molecular weight is 226 g/mol. The molecule has 0 saturated carbocycles. The lowest BCUT2D eigenvalue weighted by Gasteiger charge is -2.18. The zero-order valence-electron chi connectivity index (χ0n) is 10.6. The summed E-state index contributed by atoms with van der Waals surface area (Å²) in [6, 6.07) is 12.3. The van der Waals surface area contributed by atoms with Crippen LogP contribution in [0.15, 0.2) is 47.6 Å². The molecule has 1 aromatic heterocycles. The number of hydrogen-bond donors (Lipinski definition) is 1. The summed E-state index contributed by atoms with van der Waals surface area (Å²) in [5.74, 6) is 0. The van der Waals surface area contributed by atoms with Crippen molar-refractivity contribution in [2.24, 2.45) is 4.99 Å². The van der Waals surface area contributed by atoms with Crippen molar-refractivity contribution in [3.8, 4) is 0 Å². The van der Waals surface area contributed by atoms with Crippen LogP contribution in [0, 0.1) is 0 Å². The Morgan fingerprint density at radius 3 is 2.29 bits per heavy atom. The zero-order chi connectivity index (χ0) is 12.3. The van der Waals surface area contributed by atoms with Gasteiger partial charge >= 0.3 is 0 Å². The minimum absolute atomic E-state index is 0.196. The molecule has 88 valence electrons. The number of nitrogens with one attached hydrogen (secondary N) is 1. The Morgan fingerprint density at radius 1 is 1.06 bits per heavy atom. The molecule has 0 saturated heterocycles. The second-order valence-corrected chi connectivity index (χ2v) is 5.18. The standard InChI is InChI=1S/C15H18N2/c1-15(2,3)12-6-8-13(9-7-12)17-11-14-5-4-10-16-14/h4-11,16H,1-3H3. The summed E-state index contributed by atoms with van der Waals surface area (Å²) >= 11 is 0. The molecule has 2 aromatic rings. The molecule has 0 fully saturated rings. The summed E-state index contributed by atoms with van der Waals surface area (Å²) in [7, 11) is 0. The second-order valence-electron chi connectivity index (χ2n) is 5.18. The predicted molar refractivity (Wildman–Crippen MR) is 73.2 cm³/mol. The van der Waals surface area contributed by atoms with E-state index in [1.54, 1.807) is 0 Å². The fourth-order valence-electron chi connectivity index (χ4n) is 1.62. The van der Waals surface area contributed by atoms with Gasteiger partial charge in [-0.15, -0.1) is 0 Å². The highest BCUT2D eigenvalue weighted by Gasteiger charge is 2.12. The molecule has 2 nitrogen and oxygen atoms in total. The van der Waals surface area contributed by atoms with Crippen molar-refractivity contribution in [1.29, 1.82) is 0 Å². The molecule has 1 N–H and O–H groups in total. The normalized spacial score (nSPS) is 12.2. The van der Waals surface area contributed by atoms with Crippen LogP contribution in [0.4, 0.5) is 5.69 Å². The van der Waals surface area contributed by atoms with E-state index < -0.39 is 0 Å². The first-order valence-corrected chi connectivity index (χ1v) is 5.84. The third-order valence-electron chi connectivity index (χ3n) is 2.71. The van der Waals surface area contributed by atoms with Gasteiger partial charge in [0.15, 0.2) is 0 Å². The molecular formula is C15H18N2. The third-order valence-corrected chi connectivity index (χ3v) is 2.71. The van der Waals surface area contributed by atoms with Crippen LogP contribution in [-0.4, -0.2) is 11.2 Å². The lowest BCUT2D eigenvalue weighted by Crippen LogP contribution is -2.10. The van der Waals surface area contributed by atoms with Gasteiger partial charge in [-0.3, -0.25) is 4.99 Å². The molecule has 0 aliphatic rings. The largest absolute Gasteiger partial charge is 0.360 e. The van der Waals surface area contributed by atoms with Crippen LogP contribution in [0.2, 0.25) is 0 Å². The van der Waals surface area contributed by atoms with E-state index in [4.69, 9.17) is 0 Å². The summed E-state index contributed by atoms with van der Waals surface area (Å²) in [5.41, 5.74) is 3.52. The molecule has 17 heavy (non-hydrogen) atoms. The maximum absolute atomic E-state index is 4.42. The lowest BCUT2D eigenvalue weighted by atomic mass is 9.87. The summed E-state index contributed by atoms with van der Waals surface area (Å²) < 4.78 is 0. The molecule has 1 heterocycles. The van der Waals surface area contributed by atoms with E-state index in [0.717, 1.165) is 11.4 Å². The van der Waals surface area contributed by atoms with E-state index in [2.05, 4.69) is 55.0 Å². The molecule has 2 rings (SSSR count). The first-order valence-electron chi connectivity index (χ1n) is 5.84. The summed E-state index contributed by atoms with van der Waals surface area (Å²) in [6.45, 7) is 6.64. The quantitative estimate of drug-likeness (QED) is 0.748. The molecule has 1 aromatic carbocycles. The Hall–Kier alpha value is -1.83. The van der Waals surface area contributed by atoms with Crippen LogP contribution in [0.1, 0.15) is 32.0 Å². The van der Waals surface area contributed by atoms with Crippen LogP contribution in [0.3, 0.4) is 0 Å². The van der Waals surface area contributed by atoms with Gasteiger partial charge in [0.25, 0.3) is 0 Å². The molecule has 0 aliphatic heterocycles. The number of hydrogen-bond acceptors (Lipinski definition) is 1. The van der Waals surface area contributed by atoms with Crippen LogP contribution >= 0.6 is 0 Å². The average Bonchev–Trinajstić information content (AvgIpc) is 2.78. The summed E-state index contributed by atoms with van der Waals surface area (Å²) in [6.07, 6.45) is 3.73. The number of aliphatic imine (C=N–C) groups is 1. The molecular weight excluding hydrogens is 208 g/mol. The maximum Gasteiger partial charge on any atom is 0.0630 e. The minimum atomic E-state index is 0.196. The highest BCUT2D eigenvalue weighted by Crippen LogP contribution is 2.24. The molecule has 0 bridgehead atoms. The predicted octanol–water partition coefficient (Wildman–Crippen LogP) is 4.06. The van der Waals surface area contributed by atoms with Gasteiger partial charge in [-0.25, -0.2) is 0 Å². The number of benzene rings is 1. The van der Waals surface area contributed by atoms with Gasteiger partial charge in [0.1, 0.15) is 0 Å². The maximum atomic E-state index is 4.42. The Balaban J connectivity index is 2.14. The van der Waals surface area contributed by atoms with Crippen LogP contribution in [0.5, 0.6) is 0 Å². The highest BCUT2D eigenvalue weighted by atomic mass is 14.8. The van der Waals surface area contributed by atoms with Gasteiger partial charge in [0.2, 0.25) is 0 Å². The van der Waals surface area contributed by atoms with Crippen LogP contribution < -0.4 is 0 Å². The zero-order valence-corrected chi connectivity index (χ0v) is 10.6. The fraction of sp³-hybridized carbons (Fsp3) is 0.267. The lowest BCUT2D eigenvalue weighted by molar-refractivity contribution is 0.590. The van der Waals surface area contributed by atoms with Crippen molar-refractivity contribution < 1.29 is 0 Å². The summed E-state index contributed by atoms with van der Waals surface area (Å²) in [5, 5.41) is 0. The van der Waals surface area contributed by atoms with E-state index in [9.17, 15) is 0 Å². The molecule has 2 heteroatoms. The van der Waals surface area contributed by atoms with Crippen molar-refractivity contribution in [3.05, 3.63) is 53.9 Å². The van der Waals surface area contributed by atoms with E-state index in [-0.39, 0.29) is 5.41 Å². The molecule has 0 radical (unpaired) electrons. The molecule has 0 amide bonds. The number of nitrogens with zero attached hydrogens (tertiary/aromatic N) is 1. The first-order chi connectivity index (χ1) is 8.05. The second kappa shape index (κ2) is 4.58. The third kappa shape index (κ3) is 3.06. The van der Waals surface area contributed by atoms with Gasteiger partial charge in [-0.05, 0) is 35.2 Å². The van der Waals surface area contributed by atoms with Crippen molar-refractivity contribution in [3.63, 3.8) is 0 Å². The summed E-state index contributed by atoms with van der Waals surface area (Å²) in [4.78, 5) is 7.51. The Labute approximate surface area is 102 Å². The van der Waals surface area contributed by atoms with Gasteiger partial charge in [0.05, 0.1) is 17.6 Å². The van der Waals surface area contributed by atoms with Crippen molar-refractivity contribution >= 4 is 11.9 Å². The number of aromatic nitrogens is 1. The first kappa shape index (κ1) is 11.6. The monoisotopic (exact) mass is 226 g/mol. The van der Waals surface area contributed by atoms with E-state index in [1.165, 1.54) is 5.56 Å². The molecule has 0 aliphatic carbocycles. The SMILES string of the molecule is CC(C)(C)c1ccc(N=Cc2ccc[nH]2)cc1. The fourth-order valence-corrected chi connectivity index (χ4v) is 1.62. The van der Waals surface area contributed by atoms with Crippen molar-refractivity contribution in [2.75, 3.05) is 0 Å². The minimum Gasteiger partial charge on any atom is -0.360 e. The van der Waals surface area contributed by atoms with Crippen molar-refractivity contribution in [2.45, 2.75) is 26.2 Å². The molecule has 0 unspecified atom stereocenters. The van der Waals surface area contributed by atoms with E-state index >= 15 is 0 Å². The highest BCUT2D eigenvalue weighted by molar-refractivity contribution is 5.79. The topological polar surface area (TPSA) is 28.1 Å². The Morgan fingerprint density at radius 2 is 1.76 bits per heavy atom. The van der Waals surface area contributed by atoms with Crippen molar-refractivity contribution in [1.82, 2.24) is 4.98 Å². The number of rotatable bonds is 2. The molecule has 0 atom stereocenters. The van der Waals surface area contributed by atoms with E-state index in [0.29, 0.717) is 0 Å². The van der Waals surface area contributed by atoms with Gasteiger partial charge in [-0.2, -0.15) is 0 Å². The Bertz CT molecular complexity index is 485. The number of aromatic amines is 1. The van der Waals surface area contributed by atoms with Gasteiger partial charge < -0.3 is 4.98 Å². The smallest absolute Gasteiger partial charge is 0.0630 e. The van der Waals surface area contributed by atoms with Crippen LogP contribution in [-0.2, 0) is 5.41 Å². The van der Waals surface area contributed by atoms with Gasteiger partial charge in [0, 0.05) is 6.20 Å². The number of H-pyrrole nitrogens is 1. The van der Waals surface area contributed by atoms with Crippen LogP contribution in [0.25, 0.3) is 0 Å². The van der Waals surface area contributed by atoms with Gasteiger partial charge in [-0.1, -0.05) is 32.9 Å². The molecule has 0 spiro atoms. The Kier molecular flexibility index (Phi) is 3.14.